The first-order valence-electron chi connectivity index (χ1n) is 11.4. The Balaban J connectivity index is 1.67. The SMILES string of the molecule is CCCN1CCN(c2cc(C(=O)O)nc3c2c(C2CCC2)nn3-c2ccccc2)CC1. The zero-order valence-electron chi connectivity index (χ0n) is 18.0. The summed E-state index contributed by atoms with van der Waals surface area (Å²) in [6.07, 6.45) is 4.63. The van der Waals surface area contributed by atoms with E-state index >= 15 is 0 Å². The second-order valence-electron chi connectivity index (χ2n) is 8.62. The molecule has 1 aliphatic heterocycles. The fourth-order valence-electron chi connectivity index (χ4n) is 4.73. The van der Waals surface area contributed by atoms with E-state index in [-0.39, 0.29) is 5.69 Å². The molecule has 0 atom stereocenters. The van der Waals surface area contributed by atoms with Crippen LogP contribution in [-0.4, -0.2) is 63.5 Å². The summed E-state index contributed by atoms with van der Waals surface area (Å²) in [4.78, 5) is 21.3. The summed E-state index contributed by atoms with van der Waals surface area (Å²) in [5.41, 5.74) is 3.68. The Morgan fingerprint density at radius 3 is 2.48 bits per heavy atom. The molecule has 1 N–H and O–H groups in total. The smallest absolute Gasteiger partial charge is 0.354 e. The number of benzene rings is 1. The molecule has 1 saturated heterocycles. The first kappa shape index (κ1) is 20.0. The largest absolute Gasteiger partial charge is 0.477 e. The molecule has 3 aromatic rings. The number of anilines is 1. The van der Waals surface area contributed by atoms with Gasteiger partial charge >= 0.3 is 5.97 Å². The molecule has 7 nitrogen and oxygen atoms in total. The second kappa shape index (κ2) is 8.30. The predicted octanol–water partition coefficient (Wildman–Crippen LogP) is 3.92. The second-order valence-corrected chi connectivity index (χ2v) is 8.62. The molecule has 2 fully saturated rings. The molecular weight excluding hydrogens is 390 g/mol. The molecule has 2 aromatic heterocycles. The molecule has 0 bridgehead atoms. The van der Waals surface area contributed by atoms with Gasteiger partial charge in [0.05, 0.1) is 22.5 Å². The normalized spacial score (nSPS) is 17.8. The van der Waals surface area contributed by atoms with Gasteiger partial charge in [0.15, 0.2) is 11.3 Å². The number of piperazine rings is 1. The minimum absolute atomic E-state index is 0.0794. The fourth-order valence-corrected chi connectivity index (χ4v) is 4.73. The molecule has 3 heterocycles. The average molecular weight is 420 g/mol. The van der Waals surface area contributed by atoms with Gasteiger partial charge in [-0.15, -0.1) is 0 Å². The van der Waals surface area contributed by atoms with E-state index in [0.29, 0.717) is 11.6 Å². The quantitative estimate of drug-likeness (QED) is 0.653. The predicted molar refractivity (Wildman–Crippen MR) is 121 cm³/mol. The number of carbonyl (C=O) groups is 1. The number of hydrogen-bond donors (Lipinski definition) is 1. The third kappa shape index (κ3) is 3.67. The average Bonchev–Trinajstić information content (AvgIpc) is 3.12. The van der Waals surface area contributed by atoms with Gasteiger partial charge < -0.3 is 10.0 Å². The highest BCUT2D eigenvalue weighted by molar-refractivity contribution is 5.98. The maximum absolute atomic E-state index is 12.0. The minimum Gasteiger partial charge on any atom is -0.477 e. The Bertz CT molecular complexity index is 1080. The number of rotatable bonds is 6. The summed E-state index contributed by atoms with van der Waals surface area (Å²) < 4.78 is 1.84. The molecule has 162 valence electrons. The summed E-state index contributed by atoms with van der Waals surface area (Å²) >= 11 is 0. The van der Waals surface area contributed by atoms with E-state index in [1.807, 2.05) is 35.0 Å². The van der Waals surface area contributed by atoms with Crippen LogP contribution in [0.4, 0.5) is 5.69 Å². The van der Waals surface area contributed by atoms with Crippen molar-refractivity contribution in [3.63, 3.8) is 0 Å². The van der Waals surface area contributed by atoms with E-state index in [1.165, 1.54) is 6.42 Å². The van der Waals surface area contributed by atoms with Gasteiger partial charge in [-0.05, 0) is 44.0 Å². The van der Waals surface area contributed by atoms with E-state index in [2.05, 4.69) is 21.7 Å². The zero-order valence-corrected chi connectivity index (χ0v) is 18.0. The van der Waals surface area contributed by atoms with Gasteiger partial charge in [-0.1, -0.05) is 31.5 Å². The molecule has 0 spiro atoms. The number of nitrogens with zero attached hydrogens (tertiary/aromatic N) is 5. The van der Waals surface area contributed by atoms with Crippen LogP contribution >= 0.6 is 0 Å². The van der Waals surface area contributed by atoms with Crippen molar-refractivity contribution in [2.75, 3.05) is 37.6 Å². The highest BCUT2D eigenvalue weighted by atomic mass is 16.4. The van der Waals surface area contributed by atoms with Gasteiger partial charge in [0, 0.05) is 32.1 Å². The van der Waals surface area contributed by atoms with Crippen LogP contribution < -0.4 is 4.90 Å². The first-order valence-corrected chi connectivity index (χ1v) is 11.4. The van der Waals surface area contributed by atoms with Gasteiger partial charge in [-0.3, -0.25) is 4.90 Å². The van der Waals surface area contributed by atoms with Gasteiger partial charge in [0.2, 0.25) is 0 Å². The van der Waals surface area contributed by atoms with Gasteiger partial charge in [-0.2, -0.15) is 5.10 Å². The van der Waals surface area contributed by atoms with Crippen LogP contribution in [0.25, 0.3) is 16.7 Å². The lowest BCUT2D eigenvalue weighted by atomic mass is 9.82. The van der Waals surface area contributed by atoms with Crippen molar-refractivity contribution in [3.8, 4) is 5.69 Å². The number of aromatic nitrogens is 3. The van der Waals surface area contributed by atoms with E-state index in [4.69, 9.17) is 5.10 Å². The summed E-state index contributed by atoms with van der Waals surface area (Å²) in [5, 5.41) is 15.8. The highest BCUT2D eigenvalue weighted by Crippen LogP contribution is 2.42. The van der Waals surface area contributed by atoms with E-state index in [9.17, 15) is 9.90 Å². The zero-order chi connectivity index (χ0) is 21.4. The van der Waals surface area contributed by atoms with Crippen molar-refractivity contribution in [3.05, 3.63) is 47.8 Å². The molecule has 2 aliphatic rings. The van der Waals surface area contributed by atoms with Crippen molar-refractivity contribution in [1.82, 2.24) is 19.7 Å². The Morgan fingerprint density at radius 2 is 1.87 bits per heavy atom. The fraction of sp³-hybridized carbons (Fsp3) is 0.458. The Kier molecular flexibility index (Phi) is 5.36. The van der Waals surface area contributed by atoms with Gasteiger partial charge in [0.1, 0.15) is 0 Å². The van der Waals surface area contributed by atoms with Crippen LogP contribution in [0.1, 0.15) is 54.7 Å². The molecule has 7 heteroatoms. The molecule has 0 radical (unpaired) electrons. The molecule has 31 heavy (non-hydrogen) atoms. The topological polar surface area (TPSA) is 74.5 Å². The summed E-state index contributed by atoms with van der Waals surface area (Å²) in [6, 6.07) is 11.7. The molecule has 1 aromatic carbocycles. The number of fused-ring (bicyclic) bond motifs is 1. The number of carboxylic acid groups (broad SMARTS) is 1. The summed E-state index contributed by atoms with van der Waals surface area (Å²) in [6.45, 7) is 7.08. The maximum Gasteiger partial charge on any atom is 0.354 e. The number of pyridine rings is 1. The Morgan fingerprint density at radius 1 is 1.13 bits per heavy atom. The first-order chi connectivity index (χ1) is 15.2. The Hall–Kier alpha value is -2.93. The lowest BCUT2D eigenvalue weighted by Crippen LogP contribution is -2.46. The Labute approximate surface area is 182 Å². The third-order valence-electron chi connectivity index (χ3n) is 6.61. The molecule has 1 aliphatic carbocycles. The van der Waals surface area contributed by atoms with Crippen molar-refractivity contribution in [1.29, 1.82) is 0 Å². The number of carboxylic acids is 1. The molecule has 0 amide bonds. The minimum atomic E-state index is -1.00. The van der Waals surface area contributed by atoms with Crippen molar-refractivity contribution < 1.29 is 9.90 Å². The highest BCUT2D eigenvalue weighted by Gasteiger charge is 2.31. The van der Waals surface area contributed by atoms with Gasteiger partial charge in [0.25, 0.3) is 0 Å². The molecular formula is C24H29N5O2. The van der Waals surface area contributed by atoms with E-state index in [1.54, 1.807) is 6.07 Å². The number of para-hydroxylation sites is 1. The van der Waals surface area contributed by atoms with Crippen molar-refractivity contribution in [2.45, 2.75) is 38.5 Å². The molecule has 0 unspecified atom stereocenters. The number of aromatic carboxylic acids is 1. The summed E-state index contributed by atoms with van der Waals surface area (Å²) in [7, 11) is 0. The summed E-state index contributed by atoms with van der Waals surface area (Å²) in [5.74, 6) is -0.580. The van der Waals surface area contributed by atoms with E-state index in [0.717, 1.165) is 74.4 Å². The third-order valence-corrected chi connectivity index (χ3v) is 6.61. The number of hydrogen-bond acceptors (Lipinski definition) is 5. The lowest BCUT2D eigenvalue weighted by Gasteiger charge is -2.36. The lowest BCUT2D eigenvalue weighted by molar-refractivity contribution is 0.0691. The van der Waals surface area contributed by atoms with E-state index < -0.39 is 5.97 Å². The maximum atomic E-state index is 12.0. The van der Waals surface area contributed by atoms with Crippen LogP contribution in [-0.2, 0) is 0 Å². The van der Waals surface area contributed by atoms with Crippen molar-refractivity contribution >= 4 is 22.7 Å². The van der Waals surface area contributed by atoms with Crippen molar-refractivity contribution in [2.24, 2.45) is 0 Å². The standard InChI is InChI=1S/C24H29N5O2/c1-2-11-27-12-14-28(15-13-27)20-16-19(24(30)31)25-23-21(20)22(17-7-6-8-17)26-29(23)18-9-4-3-5-10-18/h3-5,9-10,16-17H,2,6-8,11-15H2,1H3,(H,30,31). The molecule has 5 rings (SSSR count). The van der Waals surface area contributed by atoms with Gasteiger partial charge in [-0.25, -0.2) is 14.5 Å². The van der Waals surface area contributed by atoms with Crippen LogP contribution in [0, 0.1) is 0 Å². The van der Waals surface area contributed by atoms with Crippen LogP contribution in [0.2, 0.25) is 0 Å². The van der Waals surface area contributed by atoms with Crippen LogP contribution in [0.15, 0.2) is 36.4 Å². The van der Waals surface area contributed by atoms with Crippen LogP contribution in [0.3, 0.4) is 0 Å². The monoisotopic (exact) mass is 419 g/mol. The molecule has 1 saturated carbocycles. The van der Waals surface area contributed by atoms with Crippen LogP contribution in [0.5, 0.6) is 0 Å².